The smallest absolute Gasteiger partial charge is 0.385 e. The number of halogens is 4. The average Bonchev–Trinajstić information content (AvgIpc) is 3.35. The van der Waals surface area contributed by atoms with Gasteiger partial charge in [-0.25, -0.2) is 18.7 Å². The highest BCUT2D eigenvalue weighted by Crippen LogP contribution is 2.49. The quantitative estimate of drug-likeness (QED) is 0.328. The van der Waals surface area contributed by atoms with Crippen LogP contribution in [-0.2, 0) is 18.6 Å². The Balaban J connectivity index is 1.53. The van der Waals surface area contributed by atoms with Crippen molar-refractivity contribution in [2.24, 2.45) is 5.92 Å². The molecule has 0 spiro atoms. The number of hydrogen-bond acceptors (Lipinski definition) is 5. The van der Waals surface area contributed by atoms with Crippen LogP contribution in [0.25, 0.3) is 28.1 Å². The van der Waals surface area contributed by atoms with Gasteiger partial charge in [0.15, 0.2) is 11.4 Å². The molecule has 0 amide bonds. The van der Waals surface area contributed by atoms with Gasteiger partial charge in [-0.1, -0.05) is 0 Å². The molecule has 4 aromatic rings. The third kappa shape index (κ3) is 3.99. The number of nitrogen functional groups attached to an aromatic ring is 1. The lowest BCUT2D eigenvalue weighted by Crippen LogP contribution is -2.40. The van der Waals surface area contributed by atoms with E-state index in [1.54, 1.807) is 18.2 Å². The molecule has 2 aliphatic carbocycles. The number of nitrogens with zero attached hydrogens (tertiary/aromatic N) is 5. The Kier molecular flexibility index (Phi) is 5.49. The van der Waals surface area contributed by atoms with Crippen LogP contribution < -0.4 is 5.73 Å². The molecule has 198 valence electrons. The van der Waals surface area contributed by atoms with Crippen LogP contribution in [0.4, 0.5) is 23.4 Å². The maximum Gasteiger partial charge on any atom is 0.421 e. The molecule has 12 heteroatoms. The summed E-state index contributed by atoms with van der Waals surface area (Å²) in [7, 11) is 0. The largest absolute Gasteiger partial charge is 0.421 e. The summed E-state index contributed by atoms with van der Waals surface area (Å²) in [4.78, 5) is 7.66. The Morgan fingerprint density at radius 1 is 1.16 bits per heavy atom. The van der Waals surface area contributed by atoms with E-state index in [1.807, 2.05) is 4.68 Å². The summed E-state index contributed by atoms with van der Waals surface area (Å²) in [6, 6.07) is 9.23. The second-order valence-corrected chi connectivity index (χ2v) is 9.95. The molecule has 0 aliphatic heterocycles. The molecule has 1 aromatic carbocycles. The number of H-pyrrole nitrogens is 1. The van der Waals surface area contributed by atoms with Crippen molar-refractivity contribution in [1.82, 2.24) is 29.5 Å². The van der Waals surface area contributed by atoms with Crippen molar-refractivity contribution in [3.8, 4) is 17.1 Å². The Bertz CT molecular complexity index is 1600. The molecule has 4 N–H and O–H groups in total. The van der Waals surface area contributed by atoms with Crippen molar-refractivity contribution < 1.29 is 22.7 Å². The normalized spacial score (nSPS) is 19.1. The van der Waals surface area contributed by atoms with Gasteiger partial charge in [0, 0.05) is 35.3 Å². The third-order valence-corrected chi connectivity index (χ3v) is 7.21. The van der Waals surface area contributed by atoms with E-state index in [0.29, 0.717) is 34.8 Å². The number of benzene rings is 1. The van der Waals surface area contributed by atoms with E-state index in [9.17, 15) is 22.7 Å². The molecule has 1 atom stereocenters. The Hall–Kier alpha value is -3.93. The molecule has 1 saturated carbocycles. The number of anilines is 1. The summed E-state index contributed by atoms with van der Waals surface area (Å²) in [5.41, 5.74) is 5.42. The molecule has 0 radical (unpaired) electrons. The Morgan fingerprint density at radius 2 is 1.89 bits per heavy atom. The predicted molar refractivity (Wildman–Crippen MR) is 132 cm³/mol. The van der Waals surface area contributed by atoms with Crippen LogP contribution in [0.2, 0.25) is 0 Å². The molecular formula is C26H25F4N7O. The van der Waals surface area contributed by atoms with Gasteiger partial charge < -0.3 is 15.8 Å². The van der Waals surface area contributed by atoms with E-state index >= 15 is 0 Å². The predicted octanol–water partition coefficient (Wildman–Crippen LogP) is 4.87. The fourth-order valence-electron chi connectivity index (χ4n) is 5.16. The molecule has 3 heterocycles. The number of fused-ring (bicyclic) bond motifs is 2. The van der Waals surface area contributed by atoms with E-state index in [-0.39, 0.29) is 40.8 Å². The molecule has 38 heavy (non-hydrogen) atoms. The van der Waals surface area contributed by atoms with Crippen LogP contribution >= 0.6 is 0 Å². The first-order chi connectivity index (χ1) is 18.0. The van der Waals surface area contributed by atoms with Crippen LogP contribution in [0.5, 0.6) is 0 Å². The Morgan fingerprint density at radius 3 is 2.58 bits per heavy atom. The van der Waals surface area contributed by atoms with E-state index in [4.69, 9.17) is 10.8 Å². The molecule has 0 saturated heterocycles. The van der Waals surface area contributed by atoms with Gasteiger partial charge >= 0.3 is 6.18 Å². The lowest BCUT2D eigenvalue weighted by atomic mass is 9.95. The number of aromatic amines is 1. The SMILES string of the molecule is Cc1nn(-c2cc(N)[nH]c3c(ccn2)c(-c2ccc(F)cc2)nn3CC2CC2)c2c1C(O)(C(F)(F)F)CC2. The van der Waals surface area contributed by atoms with Crippen molar-refractivity contribution >= 4 is 16.9 Å². The fraction of sp³-hybridized carbons (Fsp3) is 0.346. The highest BCUT2D eigenvalue weighted by molar-refractivity contribution is 5.91. The standard InChI is InChI=1S/C26H25F4N7O/c1-14-22-19(8-10-25(22,38)26(28,29)30)37(34-14)21-12-20(31)33-24-18(9-11-32-21)23(16-4-6-17(27)7-5-16)35-36(24)13-15-2-3-15/h4-7,9,11-12,15,33,38H,2-3,8,10,13,31H2,1H3. The maximum absolute atomic E-state index is 13.7. The third-order valence-electron chi connectivity index (χ3n) is 7.21. The summed E-state index contributed by atoms with van der Waals surface area (Å²) < 4.78 is 57.9. The van der Waals surface area contributed by atoms with Gasteiger partial charge in [0.1, 0.15) is 23.0 Å². The van der Waals surface area contributed by atoms with Crippen LogP contribution in [0.15, 0.2) is 42.6 Å². The van der Waals surface area contributed by atoms with E-state index in [2.05, 4.69) is 15.1 Å². The number of rotatable bonds is 4. The number of aromatic nitrogens is 6. The summed E-state index contributed by atoms with van der Waals surface area (Å²) >= 11 is 0. The van der Waals surface area contributed by atoms with Crippen molar-refractivity contribution in [2.75, 3.05) is 5.73 Å². The van der Waals surface area contributed by atoms with Crippen LogP contribution in [0.1, 0.15) is 36.2 Å². The van der Waals surface area contributed by atoms with Gasteiger partial charge in [-0.05, 0) is 68.9 Å². The number of aryl methyl sites for hydroxylation is 1. The molecular weight excluding hydrogens is 502 g/mol. The zero-order valence-electron chi connectivity index (χ0n) is 20.4. The number of nitrogens with two attached hydrogens (primary N) is 1. The van der Waals surface area contributed by atoms with Crippen molar-refractivity contribution in [3.63, 3.8) is 0 Å². The lowest BCUT2D eigenvalue weighted by molar-refractivity contribution is -0.265. The Labute approximate surface area is 214 Å². The minimum Gasteiger partial charge on any atom is -0.385 e. The molecule has 3 aromatic heterocycles. The maximum atomic E-state index is 13.7. The molecule has 1 unspecified atom stereocenters. The van der Waals surface area contributed by atoms with Crippen LogP contribution in [-0.4, -0.2) is 40.8 Å². The minimum absolute atomic E-state index is 0.0264. The van der Waals surface area contributed by atoms with Crippen molar-refractivity contribution in [3.05, 3.63) is 65.4 Å². The monoisotopic (exact) mass is 527 g/mol. The zero-order chi connectivity index (χ0) is 26.8. The van der Waals surface area contributed by atoms with Gasteiger partial charge in [-0.15, -0.1) is 0 Å². The molecule has 8 nitrogen and oxygen atoms in total. The number of hydrogen-bond donors (Lipinski definition) is 3. The summed E-state index contributed by atoms with van der Waals surface area (Å²) in [5.74, 6) is 0.511. The molecule has 2 aliphatic rings. The summed E-state index contributed by atoms with van der Waals surface area (Å²) in [6.45, 7) is 2.11. The van der Waals surface area contributed by atoms with E-state index < -0.39 is 18.2 Å². The first-order valence-corrected chi connectivity index (χ1v) is 12.3. The van der Waals surface area contributed by atoms with Gasteiger partial charge in [0.25, 0.3) is 0 Å². The highest BCUT2D eigenvalue weighted by atomic mass is 19.4. The highest BCUT2D eigenvalue weighted by Gasteiger charge is 2.60. The van der Waals surface area contributed by atoms with E-state index in [0.717, 1.165) is 12.8 Å². The van der Waals surface area contributed by atoms with Crippen LogP contribution in [0.3, 0.4) is 0 Å². The zero-order valence-corrected chi connectivity index (χ0v) is 20.4. The number of alkyl halides is 3. The number of aliphatic hydroxyl groups is 1. The first kappa shape index (κ1) is 24.4. The van der Waals surface area contributed by atoms with Gasteiger partial charge in [-0.3, -0.25) is 0 Å². The van der Waals surface area contributed by atoms with E-state index in [1.165, 1.54) is 36.0 Å². The second-order valence-electron chi connectivity index (χ2n) is 9.95. The minimum atomic E-state index is -4.83. The topological polar surface area (TPSA) is 111 Å². The summed E-state index contributed by atoms with van der Waals surface area (Å²) in [5, 5.41) is 20.3. The molecule has 0 bridgehead atoms. The first-order valence-electron chi connectivity index (χ1n) is 12.3. The van der Waals surface area contributed by atoms with Crippen molar-refractivity contribution in [1.29, 1.82) is 0 Å². The van der Waals surface area contributed by atoms with Gasteiger partial charge in [-0.2, -0.15) is 23.4 Å². The van der Waals surface area contributed by atoms with Gasteiger partial charge in [0.2, 0.25) is 0 Å². The number of nitrogens with one attached hydrogen (secondary N) is 1. The van der Waals surface area contributed by atoms with Crippen molar-refractivity contribution in [2.45, 2.75) is 50.9 Å². The van der Waals surface area contributed by atoms with Crippen LogP contribution in [0, 0.1) is 18.7 Å². The molecule has 6 rings (SSSR count). The molecule has 1 fully saturated rings. The second kappa shape index (κ2) is 8.55. The van der Waals surface area contributed by atoms with Gasteiger partial charge in [0.05, 0.1) is 11.4 Å². The summed E-state index contributed by atoms with van der Waals surface area (Å²) in [6.07, 6.45) is -1.64. The average molecular weight is 528 g/mol. The lowest BCUT2D eigenvalue weighted by Gasteiger charge is -2.26. The fourth-order valence-corrected chi connectivity index (χ4v) is 5.16.